The molecule has 0 saturated carbocycles. The number of aliphatic hydroxyl groups excluding tert-OH is 1. The maximum atomic E-state index is 8.93. The summed E-state index contributed by atoms with van der Waals surface area (Å²) in [7, 11) is 0. The summed E-state index contributed by atoms with van der Waals surface area (Å²) in [4.78, 5) is 5.30. The number of aromatic nitrogens is 1. The predicted molar refractivity (Wildman–Crippen MR) is 69.9 cm³/mol. The zero-order valence-electron chi connectivity index (χ0n) is 9.60. The lowest BCUT2D eigenvalue weighted by Gasteiger charge is -2.04. The van der Waals surface area contributed by atoms with E-state index in [4.69, 9.17) is 5.11 Å². The van der Waals surface area contributed by atoms with Crippen LogP contribution in [0.3, 0.4) is 0 Å². The van der Waals surface area contributed by atoms with Gasteiger partial charge < -0.3 is 10.4 Å². The molecule has 2 rings (SSSR count). The van der Waals surface area contributed by atoms with Crippen molar-refractivity contribution in [1.29, 1.82) is 0 Å². The van der Waals surface area contributed by atoms with Gasteiger partial charge in [0.1, 0.15) is 0 Å². The highest BCUT2D eigenvalue weighted by molar-refractivity contribution is 7.09. The normalized spacial score (nSPS) is 10.6. The van der Waals surface area contributed by atoms with E-state index in [-0.39, 0.29) is 6.61 Å². The number of benzene rings is 1. The molecule has 2 N–H and O–H groups in total. The minimum atomic E-state index is 0.115. The van der Waals surface area contributed by atoms with Gasteiger partial charge in [-0.3, -0.25) is 4.98 Å². The fraction of sp³-hybridized carbons (Fsp3) is 0.308. The first-order chi connectivity index (χ1) is 8.38. The van der Waals surface area contributed by atoms with E-state index < -0.39 is 0 Å². The Bertz CT molecular complexity index is 425. The first-order valence-corrected chi connectivity index (χ1v) is 6.53. The number of nitrogens with one attached hydrogen (secondary N) is 1. The Morgan fingerprint density at radius 2 is 1.94 bits per heavy atom. The van der Waals surface area contributed by atoms with Gasteiger partial charge in [0.15, 0.2) is 0 Å². The van der Waals surface area contributed by atoms with E-state index in [9.17, 15) is 0 Å². The summed E-state index contributed by atoms with van der Waals surface area (Å²) in [5.74, 6) is 0. The van der Waals surface area contributed by atoms with Crippen LogP contribution in [0.15, 0.2) is 36.0 Å². The van der Waals surface area contributed by atoms with Gasteiger partial charge in [0.2, 0.25) is 0 Å². The van der Waals surface area contributed by atoms with Gasteiger partial charge in [-0.2, -0.15) is 0 Å². The number of nitrogens with zero attached hydrogens (tertiary/aromatic N) is 1. The molecule has 0 radical (unpaired) electrons. The molecule has 0 bridgehead atoms. The first kappa shape index (κ1) is 12.2. The molecule has 0 aliphatic heterocycles. The quantitative estimate of drug-likeness (QED) is 0.768. The third-order valence-corrected chi connectivity index (χ3v) is 3.36. The summed E-state index contributed by atoms with van der Waals surface area (Å²) in [6.07, 6.45) is 2.90. The number of thiazole rings is 1. The third kappa shape index (κ3) is 3.93. The molecule has 17 heavy (non-hydrogen) atoms. The molecule has 3 nitrogen and oxygen atoms in total. The maximum absolute atomic E-state index is 8.93. The molecule has 0 unspecified atom stereocenters. The zero-order valence-corrected chi connectivity index (χ0v) is 10.4. The molecule has 4 heteroatoms. The molecule has 1 heterocycles. The van der Waals surface area contributed by atoms with Gasteiger partial charge in [-0.15, -0.1) is 11.3 Å². The van der Waals surface area contributed by atoms with Crippen molar-refractivity contribution < 1.29 is 5.11 Å². The summed E-state index contributed by atoms with van der Waals surface area (Å²) in [6, 6.07) is 8.08. The minimum absolute atomic E-state index is 0.115. The van der Waals surface area contributed by atoms with Crippen LogP contribution >= 0.6 is 11.3 Å². The standard InChI is InChI=1S/C13H16N2OS/c16-9-12-3-1-11(2-4-12)5-6-14-7-13-8-15-10-17-13/h1-4,8,10,14,16H,5-7,9H2. The molecule has 0 saturated heterocycles. The third-order valence-electron chi connectivity index (χ3n) is 2.58. The molecule has 0 fully saturated rings. The number of rotatable bonds is 6. The van der Waals surface area contributed by atoms with Crippen molar-refractivity contribution in [3.63, 3.8) is 0 Å². The van der Waals surface area contributed by atoms with Gasteiger partial charge in [0.25, 0.3) is 0 Å². The smallest absolute Gasteiger partial charge is 0.0794 e. The Morgan fingerprint density at radius 1 is 1.18 bits per heavy atom. The highest BCUT2D eigenvalue weighted by Gasteiger charge is 1.96. The van der Waals surface area contributed by atoms with E-state index in [1.807, 2.05) is 23.8 Å². The van der Waals surface area contributed by atoms with Crippen molar-refractivity contribution in [3.05, 3.63) is 52.0 Å². The number of aliphatic hydroxyl groups is 1. The second-order valence-corrected chi connectivity index (χ2v) is 4.84. The lowest BCUT2D eigenvalue weighted by Crippen LogP contribution is -2.15. The monoisotopic (exact) mass is 248 g/mol. The van der Waals surface area contributed by atoms with Crippen LogP contribution in [0.1, 0.15) is 16.0 Å². The number of hydrogen-bond donors (Lipinski definition) is 2. The van der Waals surface area contributed by atoms with E-state index >= 15 is 0 Å². The average molecular weight is 248 g/mol. The van der Waals surface area contributed by atoms with E-state index in [0.29, 0.717) is 0 Å². The largest absolute Gasteiger partial charge is 0.392 e. The second kappa shape index (κ2) is 6.49. The molecule has 0 amide bonds. The molecular formula is C13H16N2OS. The molecule has 0 atom stereocenters. The number of hydrogen-bond acceptors (Lipinski definition) is 4. The molecule has 1 aromatic carbocycles. The second-order valence-electron chi connectivity index (χ2n) is 3.87. The van der Waals surface area contributed by atoms with Gasteiger partial charge in [-0.05, 0) is 24.1 Å². The van der Waals surface area contributed by atoms with Gasteiger partial charge in [-0.1, -0.05) is 24.3 Å². The fourth-order valence-corrected chi connectivity index (χ4v) is 2.15. The van der Waals surface area contributed by atoms with Crippen LogP contribution in [0.2, 0.25) is 0 Å². The fourth-order valence-electron chi connectivity index (χ4n) is 1.59. The Labute approximate surface area is 105 Å². The highest BCUT2D eigenvalue weighted by Crippen LogP contribution is 2.06. The Hall–Kier alpha value is -1.23. The Morgan fingerprint density at radius 3 is 2.59 bits per heavy atom. The molecular weight excluding hydrogens is 232 g/mol. The Balaban J connectivity index is 1.70. The minimum Gasteiger partial charge on any atom is -0.392 e. The predicted octanol–water partition coefficient (Wildman–Crippen LogP) is 1.97. The van der Waals surface area contributed by atoms with Gasteiger partial charge in [0.05, 0.1) is 12.1 Å². The lowest BCUT2D eigenvalue weighted by atomic mass is 10.1. The van der Waals surface area contributed by atoms with Crippen LogP contribution in [0.4, 0.5) is 0 Å². The summed E-state index contributed by atoms with van der Waals surface area (Å²) in [5.41, 5.74) is 4.11. The average Bonchev–Trinajstić information content (AvgIpc) is 2.88. The SMILES string of the molecule is OCc1ccc(CCNCc2cncs2)cc1. The van der Waals surface area contributed by atoms with E-state index in [1.54, 1.807) is 11.3 Å². The first-order valence-electron chi connectivity index (χ1n) is 5.65. The van der Waals surface area contributed by atoms with E-state index in [1.165, 1.54) is 10.4 Å². The van der Waals surface area contributed by atoms with Crippen LogP contribution in [0.5, 0.6) is 0 Å². The highest BCUT2D eigenvalue weighted by atomic mass is 32.1. The van der Waals surface area contributed by atoms with Gasteiger partial charge in [0, 0.05) is 17.6 Å². The van der Waals surface area contributed by atoms with Gasteiger partial charge in [-0.25, -0.2) is 0 Å². The lowest BCUT2D eigenvalue weighted by molar-refractivity contribution is 0.282. The van der Waals surface area contributed by atoms with Crippen LogP contribution in [-0.4, -0.2) is 16.6 Å². The molecule has 2 aromatic rings. The van der Waals surface area contributed by atoms with Crippen molar-refractivity contribution in [1.82, 2.24) is 10.3 Å². The summed E-state index contributed by atoms with van der Waals surface area (Å²) in [5, 5.41) is 12.3. The van der Waals surface area contributed by atoms with Crippen molar-refractivity contribution >= 4 is 11.3 Å². The van der Waals surface area contributed by atoms with Crippen LogP contribution < -0.4 is 5.32 Å². The van der Waals surface area contributed by atoms with Crippen molar-refractivity contribution in [2.75, 3.05) is 6.54 Å². The summed E-state index contributed by atoms with van der Waals surface area (Å²) < 4.78 is 0. The van der Waals surface area contributed by atoms with Crippen molar-refractivity contribution in [3.8, 4) is 0 Å². The molecule has 1 aromatic heterocycles. The van der Waals surface area contributed by atoms with Gasteiger partial charge >= 0.3 is 0 Å². The maximum Gasteiger partial charge on any atom is 0.0794 e. The Kier molecular flexibility index (Phi) is 4.67. The molecule has 0 aliphatic carbocycles. The molecule has 0 aliphatic rings. The summed E-state index contributed by atoms with van der Waals surface area (Å²) >= 11 is 1.67. The topological polar surface area (TPSA) is 45.1 Å². The van der Waals surface area contributed by atoms with Crippen LogP contribution in [-0.2, 0) is 19.6 Å². The van der Waals surface area contributed by atoms with Crippen molar-refractivity contribution in [2.24, 2.45) is 0 Å². The summed E-state index contributed by atoms with van der Waals surface area (Å²) in [6.45, 7) is 1.96. The van der Waals surface area contributed by atoms with Crippen LogP contribution in [0.25, 0.3) is 0 Å². The zero-order chi connectivity index (χ0) is 11.9. The molecule has 0 spiro atoms. The van der Waals surface area contributed by atoms with Crippen molar-refractivity contribution in [2.45, 2.75) is 19.6 Å². The van der Waals surface area contributed by atoms with E-state index in [2.05, 4.69) is 22.4 Å². The molecule has 90 valence electrons. The van der Waals surface area contributed by atoms with Crippen LogP contribution in [0, 0.1) is 0 Å². The van der Waals surface area contributed by atoms with E-state index in [0.717, 1.165) is 25.1 Å².